The molecule has 1 rings (SSSR count). The van der Waals surface area contributed by atoms with Gasteiger partial charge in [-0.25, -0.2) is 0 Å². The lowest BCUT2D eigenvalue weighted by Crippen LogP contribution is -2.41. The average Bonchev–Trinajstić information content (AvgIpc) is 2.32. The summed E-state index contributed by atoms with van der Waals surface area (Å²) in [5, 5.41) is 2.95. The molecule has 1 saturated heterocycles. The van der Waals surface area contributed by atoms with Gasteiger partial charge in [-0.05, 0) is 51.7 Å². The number of amides is 1. The Kier molecular flexibility index (Phi) is 9.42. The molecule has 4 nitrogen and oxygen atoms in total. The fraction of sp³-hybridized carbons (Fsp3) is 0.923. The maximum absolute atomic E-state index is 11.6. The first-order valence-electron chi connectivity index (χ1n) is 6.85. The highest BCUT2D eigenvalue weighted by Crippen LogP contribution is 2.18. The Hall–Kier alpha value is -0.320. The second-order valence-electron chi connectivity index (χ2n) is 5.22. The number of nitrogens with zero attached hydrogens (tertiary/aromatic N) is 1. The topological polar surface area (TPSA) is 58.4 Å². The molecule has 0 saturated carbocycles. The van der Waals surface area contributed by atoms with Crippen molar-refractivity contribution in [3.63, 3.8) is 0 Å². The zero-order valence-electron chi connectivity index (χ0n) is 11.7. The molecule has 1 heterocycles. The molecule has 0 aromatic rings. The molecule has 1 unspecified atom stereocenters. The highest BCUT2D eigenvalue weighted by Gasteiger charge is 2.17. The molecule has 3 N–H and O–H groups in total. The summed E-state index contributed by atoms with van der Waals surface area (Å²) in [6, 6.07) is -0.322. The van der Waals surface area contributed by atoms with Crippen LogP contribution in [0.5, 0.6) is 0 Å². The predicted molar refractivity (Wildman–Crippen MR) is 78.0 cm³/mol. The number of nitrogens with one attached hydrogen (secondary N) is 1. The molecule has 5 heteroatoms. The van der Waals surface area contributed by atoms with Gasteiger partial charge in [0.05, 0.1) is 6.04 Å². The lowest BCUT2D eigenvalue weighted by molar-refractivity contribution is -0.122. The normalized spacial score (nSPS) is 19.1. The fourth-order valence-corrected chi connectivity index (χ4v) is 2.32. The van der Waals surface area contributed by atoms with Gasteiger partial charge in [-0.15, -0.1) is 12.4 Å². The highest BCUT2D eigenvalue weighted by molar-refractivity contribution is 5.85. The van der Waals surface area contributed by atoms with E-state index in [1.54, 1.807) is 0 Å². The minimum absolute atomic E-state index is 0. The summed E-state index contributed by atoms with van der Waals surface area (Å²) < 4.78 is 0. The van der Waals surface area contributed by atoms with E-state index in [-0.39, 0.29) is 24.4 Å². The molecule has 1 aliphatic rings. The molecule has 0 bridgehead atoms. The number of carbonyl (C=O) groups excluding carboxylic acids is 1. The number of piperidine rings is 1. The quantitative estimate of drug-likeness (QED) is 0.771. The van der Waals surface area contributed by atoms with Gasteiger partial charge in [-0.1, -0.05) is 13.3 Å². The molecule has 0 aromatic heterocycles. The molecule has 0 aromatic carbocycles. The Balaban J connectivity index is 0.00000289. The fourth-order valence-electron chi connectivity index (χ4n) is 2.32. The highest BCUT2D eigenvalue weighted by atomic mass is 35.5. The molecule has 0 spiro atoms. The van der Waals surface area contributed by atoms with Crippen molar-refractivity contribution in [1.29, 1.82) is 0 Å². The van der Waals surface area contributed by atoms with Crippen LogP contribution in [-0.2, 0) is 4.79 Å². The van der Waals surface area contributed by atoms with E-state index in [2.05, 4.69) is 17.3 Å². The Morgan fingerprint density at radius 2 is 2.06 bits per heavy atom. The van der Waals surface area contributed by atoms with Crippen LogP contribution in [0.4, 0.5) is 0 Å². The van der Waals surface area contributed by atoms with Crippen molar-refractivity contribution in [1.82, 2.24) is 10.2 Å². The Labute approximate surface area is 117 Å². The van der Waals surface area contributed by atoms with E-state index in [0.29, 0.717) is 0 Å². The van der Waals surface area contributed by atoms with Gasteiger partial charge in [-0.2, -0.15) is 0 Å². The molecule has 1 aliphatic heterocycles. The lowest BCUT2D eigenvalue weighted by atomic mass is 9.94. The first-order chi connectivity index (χ1) is 8.13. The number of nitrogens with two attached hydrogens (primary N) is 1. The van der Waals surface area contributed by atoms with E-state index in [0.717, 1.165) is 31.7 Å². The number of hydrogen-bond acceptors (Lipinski definition) is 3. The zero-order chi connectivity index (χ0) is 12.7. The number of hydrogen-bond donors (Lipinski definition) is 2. The van der Waals surface area contributed by atoms with Crippen molar-refractivity contribution >= 4 is 18.3 Å². The molecular formula is C13H28ClN3O. The van der Waals surface area contributed by atoms with Gasteiger partial charge in [-0.3, -0.25) is 4.79 Å². The van der Waals surface area contributed by atoms with Crippen molar-refractivity contribution < 1.29 is 4.79 Å². The Bertz CT molecular complexity index is 230. The molecule has 18 heavy (non-hydrogen) atoms. The van der Waals surface area contributed by atoms with Gasteiger partial charge in [0.2, 0.25) is 5.91 Å². The third-order valence-corrected chi connectivity index (χ3v) is 3.63. The maximum Gasteiger partial charge on any atom is 0.236 e. The summed E-state index contributed by atoms with van der Waals surface area (Å²) in [4.78, 5) is 13.9. The van der Waals surface area contributed by atoms with Gasteiger partial charge in [0.15, 0.2) is 0 Å². The zero-order valence-corrected chi connectivity index (χ0v) is 12.5. The van der Waals surface area contributed by atoms with Crippen LogP contribution in [0.2, 0.25) is 0 Å². The molecule has 1 atom stereocenters. The lowest BCUT2D eigenvalue weighted by Gasteiger charge is -2.29. The maximum atomic E-state index is 11.6. The summed E-state index contributed by atoms with van der Waals surface area (Å²) in [6.07, 6.45) is 5.35. The van der Waals surface area contributed by atoms with Crippen molar-refractivity contribution in [2.24, 2.45) is 11.7 Å². The van der Waals surface area contributed by atoms with Gasteiger partial charge >= 0.3 is 0 Å². The minimum Gasteiger partial charge on any atom is -0.355 e. The van der Waals surface area contributed by atoms with E-state index < -0.39 is 0 Å². The average molecular weight is 278 g/mol. The van der Waals surface area contributed by atoms with E-state index >= 15 is 0 Å². The number of halogens is 1. The van der Waals surface area contributed by atoms with Gasteiger partial charge in [0, 0.05) is 6.54 Å². The van der Waals surface area contributed by atoms with Crippen LogP contribution in [0, 0.1) is 5.92 Å². The summed E-state index contributed by atoms with van der Waals surface area (Å²) in [6.45, 7) is 5.21. The first kappa shape index (κ1) is 17.7. The van der Waals surface area contributed by atoms with Crippen molar-refractivity contribution in [3.05, 3.63) is 0 Å². The van der Waals surface area contributed by atoms with E-state index in [4.69, 9.17) is 5.73 Å². The summed E-state index contributed by atoms with van der Waals surface area (Å²) in [7, 11) is 2.17. The van der Waals surface area contributed by atoms with Gasteiger partial charge < -0.3 is 16.0 Å². The third kappa shape index (κ3) is 6.57. The third-order valence-electron chi connectivity index (χ3n) is 3.63. The first-order valence-corrected chi connectivity index (χ1v) is 6.85. The Morgan fingerprint density at radius 1 is 1.44 bits per heavy atom. The van der Waals surface area contributed by atoms with E-state index in [1.165, 1.54) is 25.9 Å². The number of carbonyl (C=O) groups is 1. The monoisotopic (exact) mass is 277 g/mol. The molecule has 0 radical (unpaired) electrons. The van der Waals surface area contributed by atoms with Crippen LogP contribution >= 0.6 is 12.4 Å². The van der Waals surface area contributed by atoms with E-state index in [1.807, 2.05) is 6.92 Å². The van der Waals surface area contributed by atoms with Crippen LogP contribution in [0.25, 0.3) is 0 Å². The second-order valence-corrected chi connectivity index (χ2v) is 5.22. The molecule has 0 aliphatic carbocycles. The summed E-state index contributed by atoms with van der Waals surface area (Å²) in [5.74, 6) is 0.786. The van der Waals surface area contributed by atoms with Gasteiger partial charge in [0.25, 0.3) is 0 Å². The second kappa shape index (κ2) is 9.59. The SMILES string of the molecule is CCCC(N)C(=O)NCCC1CCN(C)CC1.Cl. The summed E-state index contributed by atoms with van der Waals surface area (Å²) in [5.41, 5.74) is 5.75. The number of rotatable bonds is 6. The van der Waals surface area contributed by atoms with Crippen molar-refractivity contribution in [3.8, 4) is 0 Å². The van der Waals surface area contributed by atoms with Crippen molar-refractivity contribution in [2.75, 3.05) is 26.7 Å². The molecule has 108 valence electrons. The Morgan fingerprint density at radius 3 is 2.61 bits per heavy atom. The predicted octanol–water partition coefficient (Wildman–Crippen LogP) is 1.38. The molecule has 1 fully saturated rings. The molecule has 1 amide bonds. The smallest absolute Gasteiger partial charge is 0.236 e. The van der Waals surface area contributed by atoms with Crippen LogP contribution in [-0.4, -0.2) is 43.5 Å². The van der Waals surface area contributed by atoms with Crippen LogP contribution in [0.15, 0.2) is 0 Å². The van der Waals surface area contributed by atoms with Crippen LogP contribution in [0.1, 0.15) is 39.0 Å². The van der Waals surface area contributed by atoms with E-state index in [9.17, 15) is 4.79 Å². The molecular weight excluding hydrogens is 250 g/mol. The van der Waals surface area contributed by atoms with Crippen LogP contribution < -0.4 is 11.1 Å². The van der Waals surface area contributed by atoms with Gasteiger partial charge in [0.1, 0.15) is 0 Å². The largest absolute Gasteiger partial charge is 0.355 e. The minimum atomic E-state index is -0.322. The number of likely N-dealkylation sites (tertiary alicyclic amines) is 1. The standard InChI is InChI=1S/C13H27N3O.ClH/c1-3-4-12(14)13(17)15-8-5-11-6-9-16(2)10-7-11;/h11-12H,3-10,14H2,1-2H3,(H,15,17);1H. The van der Waals surface area contributed by atoms with Crippen molar-refractivity contribution in [2.45, 2.75) is 45.1 Å². The van der Waals surface area contributed by atoms with Crippen LogP contribution in [0.3, 0.4) is 0 Å². The summed E-state index contributed by atoms with van der Waals surface area (Å²) >= 11 is 0.